The van der Waals surface area contributed by atoms with Crippen LogP contribution in [0.3, 0.4) is 0 Å². The molecule has 0 saturated carbocycles. The Bertz CT molecular complexity index is 381. The summed E-state index contributed by atoms with van der Waals surface area (Å²) in [6.07, 6.45) is 0. The van der Waals surface area contributed by atoms with E-state index in [2.05, 4.69) is 5.32 Å². The second-order valence-corrected chi connectivity index (χ2v) is 3.66. The minimum absolute atomic E-state index is 0.0199. The van der Waals surface area contributed by atoms with Crippen LogP contribution in [0.2, 0.25) is 0 Å². The number of carbonyl (C=O) groups excluding carboxylic acids is 1. The number of hydrogen-bond donors (Lipinski definition) is 3. The molecular formula is C11H14FNO3. The number of nitrogens with one attached hydrogen (secondary N) is 1. The molecule has 0 aliphatic carbocycles. The van der Waals surface area contributed by atoms with Crippen molar-refractivity contribution in [3.8, 4) is 5.75 Å². The van der Waals surface area contributed by atoms with Gasteiger partial charge in [-0.1, -0.05) is 6.92 Å². The standard InChI is InChI=1S/C11H14FNO3/c1-7(6-14)5-13-11(16)9-3-2-8(12)4-10(9)15/h2-4,7,14-15H,5-6H2,1H3,(H,13,16). The molecule has 0 fully saturated rings. The number of aliphatic hydroxyl groups excluding tert-OH is 1. The summed E-state index contributed by atoms with van der Waals surface area (Å²) in [4.78, 5) is 11.5. The zero-order valence-electron chi connectivity index (χ0n) is 8.90. The fourth-order valence-electron chi connectivity index (χ4n) is 1.12. The fraction of sp³-hybridized carbons (Fsp3) is 0.364. The average molecular weight is 227 g/mol. The number of phenolic OH excluding ortho intramolecular Hbond substituents is 1. The Hall–Kier alpha value is -1.62. The van der Waals surface area contributed by atoms with Crippen LogP contribution in [0.1, 0.15) is 17.3 Å². The molecule has 0 heterocycles. The number of phenols is 1. The molecule has 1 unspecified atom stereocenters. The van der Waals surface area contributed by atoms with Gasteiger partial charge in [0.2, 0.25) is 0 Å². The van der Waals surface area contributed by atoms with Crippen LogP contribution < -0.4 is 5.32 Å². The molecule has 0 aromatic heterocycles. The van der Waals surface area contributed by atoms with Gasteiger partial charge >= 0.3 is 0 Å². The van der Waals surface area contributed by atoms with Crippen molar-refractivity contribution in [2.75, 3.05) is 13.2 Å². The lowest BCUT2D eigenvalue weighted by molar-refractivity contribution is 0.0939. The van der Waals surface area contributed by atoms with Gasteiger partial charge in [-0.15, -0.1) is 0 Å². The topological polar surface area (TPSA) is 69.6 Å². The Morgan fingerprint density at radius 2 is 2.25 bits per heavy atom. The summed E-state index contributed by atoms with van der Waals surface area (Å²) in [5, 5.41) is 20.6. The van der Waals surface area contributed by atoms with E-state index < -0.39 is 17.5 Å². The Morgan fingerprint density at radius 1 is 1.56 bits per heavy atom. The van der Waals surface area contributed by atoms with Crippen molar-refractivity contribution < 1.29 is 19.4 Å². The van der Waals surface area contributed by atoms with Gasteiger partial charge < -0.3 is 15.5 Å². The Kier molecular flexibility index (Phi) is 4.25. The molecular weight excluding hydrogens is 213 g/mol. The van der Waals surface area contributed by atoms with Crippen LogP contribution in [0.15, 0.2) is 18.2 Å². The third kappa shape index (κ3) is 3.20. The van der Waals surface area contributed by atoms with Crippen molar-refractivity contribution in [1.82, 2.24) is 5.32 Å². The minimum Gasteiger partial charge on any atom is -0.507 e. The summed E-state index contributed by atoms with van der Waals surface area (Å²) in [6.45, 7) is 2.03. The summed E-state index contributed by atoms with van der Waals surface area (Å²) in [5.41, 5.74) is 0.0199. The molecule has 88 valence electrons. The van der Waals surface area contributed by atoms with Crippen LogP contribution in [0.4, 0.5) is 4.39 Å². The first-order valence-electron chi connectivity index (χ1n) is 4.92. The van der Waals surface area contributed by atoms with E-state index in [4.69, 9.17) is 5.11 Å². The third-order valence-electron chi connectivity index (χ3n) is 2.13. The molecule has 1 aromatic rings. The predicted octanol–water partition coefficient (Wildman–Crippen LogP) is 0.889. The summed E-state index contributed by atoms with van der Waals surface area (Å²) in [5.74, 6) is -1.55. The van der Waals surface area contributed by atoms with Crippen LogP contribution in [0.25, 0.3) is 0 Å². The summed E-state index contributed by atoms with van der Waals surface area (Å²) in [6, 6.07) is 3.19. The Balaban J connectivity index is 2.66. The Morgan fingerprint density at radius 3 is 2.81 bits per heavy atom. The zero-order valence-corrected chi connectivity index (χ0v) is 8.90. The van der Waals surface area contributed by atoms with E-state index in [9.17, 15) is 14.3 Å². The fourth-order valence-corrected chi connectivity index (χ4v) is 1.12. The quantitative estimate of drug-likeness (QED) is 0.715. The van der Waals surface area contributed by atoms with E-state index in [1.165, 1.54) is 6.07 Å². The molecule has 0 aliphatic rings. The van der Waals surface area contributed by atoms with E-state index in [1.54, 1.807) is 6.92 Å². The number of carbonyl (C=O) groups is 1. The van der Waals surface area contributed by atoms with Gasteiger partial charge in [0, 0.05) is 19.2 Å². The predicted molar refractivity (Wildman–Crippen MR) is 56.6 cm³/mol. The van der Waals surface area contributed by atoms with Gasteiger partial charge in [0.1, 0.15) is 11.6 Å². The van der Waals surface area contributed by atoms with E-state index >= 15 is 0 Å². The van der Waals surface area contributed by atoms with E-state index in [1.807, 2.05) is 0 Å². The second-order valence-electron chi connectivity index (χ2n) is 3.66. The van der Waals surface area contributed by atoms with Gasteiger partial charge in [-0.3, -0.25) is 4.79 Å². The van der Waals surface area contributed by atoms with Gasteiger partial charge in [0.05, 0.1) is 5.56 Å². The highest BCUT2D eigenvalue weighted by atomic mass is 19.1. The lowest BCUT2D eigenvalue weighted by Crippen LogP contribution is -2.29. The smallest absolute Gasteiger partial charge is 0.255 e. The summed E-state index contributed by atoms with van der Waals surface area (Å²) in [7, 11) is 0. The van der Waals surface area contributed by atoms with Gasteiger partial charge in [-0.25, -0.2) is 4.39 Å². The molecule has 16 heavy (non-hydrogen) atoms. The average Bonchev–Trinajstić information content (AvgIpc) is 2.25. The molecule has 4 nitrogen and oxygen atoms in total. The first-order valence-corrected chi connectivity index (χ1v) is 4.92. The molecule has 1 atom stereocenters. The van der Waals surface area contributed by atoms with Gasteiger partial charge in [-0.05, 0) is 18.1 Å². The van der Waals surface area contributed by atoms with Crippen LogP contribution in [-0.2, 0) is 0 Å². The van der Waals surface area contributed by atoms with Crippen molar-refractivity contribution in [1.29, 1.82) is 0 Å². The zero-order chi connectivity index (χ0) is 12.1. The van der Waals surface area contributed by atoms with Crippen molar-refractivity contribution in [2.24, 2.45) is 5.92 Å². The number of halogens is 1. The van der Waals surface area contributed by atoms with Crippen molar-refractivity contribution in [3.05, 3.63) is 29.6 Å². The normalized spacial score (nSPS) is 12.2. The van der Waals surface area contributed by atoms with E-state index in [-0.39, 0.29) is 18.1 Å². The highest BCUT2D eigenvalue weighted by molar-refractivity contribution is 5.96. The largest absolute Gasteiger partial charge is 0.507 e. The monoisotopic (exact) mass is 227 g/mol. The number of aliphatic hydroxyl groups is 1. The molecule has 0 aliphatic heterocycles. The number of aromatic hydroxyl groups is 1. The number of rotatable bonds is 4. The van der Waals surface area contributed by atoms with Gasteiger partial charge in [0.25, 0.3) is 5.91 Å². The third-order valence-corrected chi connectivity index (χ3v) is 2.13. The Labute approximate surface area is 92.7 Å². The maximum Gasteiger partial charge on any atom is 0.255 e. The first-order chi connectivity index (χ1) is 7.54. The number of amides is 1. The number of hydrogen-bond acceptors (Lipinski definition) is 3. The highest BCUT2D eigenvalue weighted by Crippen LogP contribution is 2.17. The molecule has 1 aromatic carbocycles. The van der Waals surface area contributed by atoms with E-state index in [0.29, 0.717) is 6.54 Å². The second kappa shape index (κ2) is 5.46. The van der Waals surface area contributed by atoms with Crippen LogP contribution >= 0.6 is 0 Å². The molecule has 0 radical (unpaired) electrons. The molecule has 5 heteroatoms. The minimum atomic E-state index is -0.599. The lowest BCUT2D eigenvalue weighted by atomic mass is 10.1. The first kappa shape index (κ1) is 12.4. The molecule has 1 rings (SSSR count). The molecule has 3 N–H and O–H groups in total. The van der Waals surface area contributed by atoms with Crippen molar-refractivity contribution in [3.63, 3.8) is 0 Å². The summed E-state index contributed by atoms with van der Waals surface area (Å²) < 4.78 is 12.7. The maximum absolute atomic E-state index is 12.7. The van der Waals surface area contributed by atoms with Crippen molar-refractivity contribution in [2.45, 2.75) is 6.92 Å². The van der Waals surface area contributed by atoms with Crippen molar-refractivity contribution >= 4 is 5.91 Å². The number of benzene rings is 1. The lowest BCUT2D eigenvalue weighted by Gasteiger charge is -2.10. The molecule has 0 bridgehead atoms. The molecule has 1 amide bonds. The van der Waals surface area contributed by atoms with E-state index in [0.717, 1.165) is 12.1 Å². The van der Waals surface area contributed by atoms with Gasteiger partial charge in [0.15, 0.2) is 0 Å². The maximum atomic E-state index is 12.7. The highest BCUT2D eigenvalue weighted by Gasteiger charge is 2.12. The summed E-state index contributed by atoms with van der Waals surface area (Å²) >= 11 is 0. The van der Waals surface area contributed by atoms with Crippen LogP contribution in [0, 0.1) is 11.7 Å². The molecule has 0 saturated heterocycles. The SMILES string of the molecule is CC(CO)CNC(=O)c1ccc(F)cc1O. The van der Waals surface area contributed by atoms with Crippen LogP contribution in [0.5, 0.6) is 5.75 Å². The molecule has 0 spiro atoms. The van der Waals surface area contributed by atoms with Crippen LogP contribution in [-0.4, -0.2) is 29.3 Å². The van der Waals surface area contributed by atoms with Gasteiger partial charge in [-0.2, -0.15) is 0 Å².